The monoisotopic (exact) mass is 553 g/mol. The van der Waals surface area contributed by atoms with E-state index < -0.39 is 4.92 Å². The Morgan fingerprint density at radius 2 is 1.64 bits per heavy atom. The summed E-state index contributed by atoms with van der Waals surface area (Å²) in [5.41, 5.74) is 2.79. The molecule has 2 fully saturated rings. The number of benzene rings is 2. The molecule has 2 aromatic carbocycles. The van der Waals surface area contributed by atoms with Crippen LogP contribution in [-0.4, -0.2) is 96.4 Å². The molecule has 2 aliphatic rings. The molecule has 0 radical (unpaired) electrons. The third-order valence-electron chi connectivity index (χ3n) is 6.86. The van der Waals surface area contributed by atoms with E-state index in [1.54, 1.807) is 23.5 Å². The van der Waals surface area contributed by atoms with Gasteiger partial charge in [-0.05, 0) is 43.3 Å². The Kier molecular flexibility index (Phi) is 9.38. The predicted molar refractivity (Wildman–Crippen MR) is 153 cm³/mol. The number of morpholine rings is 2. The minimum atomic E-state index is -0.399. The average Bonchev–Trinajstić information content (AvgIpc) is 3.53. The minimum Gasteiger partial charge on any atom is -0.492 e. The summed E-state index contributed by atoms with van der Waals surface area (Å²) in [6, 6.07) is 12.5. The van der Waals surface area contributed by atoms with Gasteiger partial charge in [-0.3, -0.25) is 24.3 Å². The molecule has 0 unspecified atom stereocenters. The summed E-state index contributed by atoms with van der Waals surface area (Å²) in [7, 11) is 0. The van der Waals surface area contributed by atoms with Crippen LogP contribution in [0.3, 0.4) is 0 Å². The molecule has 2 aliphatic heterocycles. The maximum atomic E-state index is 10.8. The van der Waals surface area contributed by atoms with Gasteiger partial charge in [-0.1, -0.05) is 18.3 Å². The third kappa shape index (κ3) is 7.11. The Bertz CT molecular complexity index is 1360. The van der Waals surface area contributed by atoms with Crippen LogP contribution in [0.5, 0.6) is 5.75 Å². The van der Waals surface area contributed by atoms with Crippen molar-refractivity contribution in [3.63, 3.8) is 0 Å². The Hall–Kier alpha value is -3.09. The smallest absolute Gasteiger partial charge is 0.269 e. The van der Waals surface area contributed by atoms with Crippen LogP contribution in [0.4, 0.5) is 5.69 Å². The van der Waals surface area contributed by atoms with E-state index in [0.29, 0.717) is 6.61 Å². The molecule has 0 aliphatic carbocycles. The summed E-state index contributed by atoms with van der Waals surface area (Å²) in [5, 5.41) is 10.8. The molecular weight excluding hydrogens is 518 g/mol. The lowest BCUT2D eigenvalue weighted by Gasteiger charge is -2.26. The maximum absolute atomic E-state index is 10.8. The molecule has 2 saturated heterocycles. The molecule has 39 heavy (non-hydrogen) atoms. The summed E-state index contributed by atoms with van der Waals surface area (Å²) in [4.78, 5) is 20.8. The number of aromatic nitrogens is 2. The Balaban J connectivity index is 0.000000292. The highest BCUT2D eigenvalue weighted by Gasteiger charge is 2.14. The standard InChI is InChI=1S/C21H20N4O4S.C7H15NO/c26-25(27)16-3-1-15(2-4-16)18-14-24-19-6-5-17(13-20(19)30-21(24)22-18)29-12-9-23-7-10-28-11-8-23;1-2-3-8-4-6-9-7-5-8/h1-6,13-14H,7-12H2;2-7H2,1H3. The summed E-state index contributed by atoms with van der Waals surface area (Å²) < 4.78 is 19.7. The van der Waals surface area contributed by atoms with Crippen LogP contribution < -0.4 is 4.74 Å². The van der Waals surface area contributed by atoms with Crippen molar-refractivity contribution in [3.8, 4) is 17.0 Å². The number of hydrogen-bond donors (Lipinski definition) is 0. The van der Waals surface area contributed by atoms with Crippen molar-refractivity contribution in [2.24, 2.45) is 0 Å². The molecule has 0 saturated carbocycles. The molecule has 0 bridgehead atoms. The van der Waals surface area contributed by atoms with Crippen LogP contribution >= 0.6 is 11.3 Å². The van der Waals surface area contributed by atoms with Gasteiger partial charge in [-0.25, -0.2) is 4.98 Å². The van der Waals surface area contributed by atoms with E-state index in [9.17, 15) is 10.1 Å². The number of hydrogen-bond acceptors (Lipinski definition) is 9. The van der Waals surface area contributed by atoms with Crippen molar-refractivity contribution in [3.05, 3.63) is 58.8 Å². The van der Waals surface area contributed by atoms with Gasteiger partial charge in [-0.2, -0.15) is 0 Å². The number of ether oxygens (including phenoxy) is 3. The topological polar surface area (TPSA) is 94.6 Å². The van der Waals surface area contributed by atoms with Crippen LogP contribution in [0.25, 0.3) is 26.4 Å². The van der Waals surface area contributed by atoms with Crippen LogP contribution in [0.15, 0.2) is 48.7 Å². The fraction of sp³-hybridized carbons (Fsp3) is 0.464. The van der Waals surface area contributed by atoms with E-state index in [1.165, 1.54) is 25.1 Å². The molecule has 0 amide bonds. The van der Waals surface area contributed by atoms with Crippen LogP contribution in [0, 0.1) is 10.1 Å². The number of nitro benzene ring substituents is 1. The van der Waals surface area contributed by atoms with E-state index in [2.05, 4.69) is 22.8 Å². The SMILES string of the molecule is CCCN1CCOCC1.O=[N+]([O-])c1ccc(-c2cn3c(n2)sc2cc(OCCN4CCOCC4)ccc23)cc1. The summed E-state index contributed by atoms with van der Waals surface area (Å²) in [6.45, 7) is 12.6. The van der Waals surface area contributed by atoms with Gasteiger partial charge in [0.2, 0.25) is 0 Å². The van der Waals surface area contributed by atoms with Gasteiger partial charge in [0.1, 0.15) is 12.4 Å². The highest BCUT2D eigenvalue weighted by Crippen LogP contribution is 2.32. The Labute approximate surface area is 231 Å². The fourth-order valence-corrected chi connectivity index (χ4v) is 5.76. The molecule has 0 atom stereocenters. The lowest BCUT2D eigenvalue weighted by Crippen LogP contribution is -2.38. The average molecular weight is 554 g/mol. The van der Waals surface area contributed by atoms with Crippen LogP contribution in [0.2, 0.25) is 0 Å². The van der Waals surface area contributed by atoms with Crippen molar-refractivity contribution in [1.82, 2.24) is 19.2 Å². The van der Waals surface area contributed by atoms with Crippen molar-refractivity contribution in [2.45, 2.75) is 13.3 Å². The van der Waals surface area contributed by atoms with Gasteiger partial charge in [-0.15, -0.1) is 0 Å². The van der Waals surface area contributed by atoms with Gasteiger partial charge in [0.05, 0.1) is 47.3 Å². The van der Waals surface area contributed by atoms with Crippen molar-refractivity contribution in [2.75, 3.05) is 72.3 Å². The van der Waals surface area contributed by atoms with E-state index in [1.807, 2.05) is 22.7 Å². The molecule has 0 N–H and O–H groups in total. The molecule has 11 heteroatoms. The highest BCUT2D eigenvalue weighted by atomic mass is 32.1. The molecule has 4 aromatic rings. The summed E-state index contributed by atoms with van der Waals surface area (Å²) in [5.74, 6) is 0.857. The first kappa shape index (κ1) is 27.5. The Morgan fingerprint density at radius 3 is 2.28 bits per heavy atom. The molecule has 0 spiro atoms. The predicted octanol–water partition coefficient (Wildman–Crippen LogP) is 4.56. The van der Waals surface area contributed by atoms with Gasteiger partial charge in [0, 0.05) is 56.6 Å². The molecule has 208 valence electrons. The van der Waals surface area contributed by atoms with Crippen molar-refractivity contribution < 1.29 is 19.1 Å². The first-order valence-corrected chi connectivity index (χ1v) is 14.3. The van der Waals surface area contributed by atoms with Crippen LogP contribution in [0.1, 0.15) is 13.3 Å². The first-order valence-electron chi connectivity index (χ1n) is 13.5. The van der Waals surface area contributed by atoms with Gasteiger partial charge in [0.25, 0.3) is 5.69 Å². The molecule has 10 nitrogen and oxygen atoms in total. The lowest BCUT2D eigenvalue weighted by atomic mass is 10.1. The van der Waals surface area contributed by atoms with E-state index in [4.69, 9.17) is 19.2 Å². The normalized spacial score (nSPS) is 16.7. The number of imidazole rings is 1. The lowest BCUT2D eigenvalue weighted by molar-refractivity contribution is -0.384. The van der Waals surface area contributed by atoms with Gasteiger partial charge in [0.15, 0.2) is 4.96 Å². The molecular formula is C28H35N5O5S. The largest absolute Gasteiger partial charge is 0.492 e. The van der Waals surface area contributed by atoms with E-state index in [0.717, 1.165) is 91.3 Å². The van der Waals surface area contributed by atoms with Crippen LogP contribution in [-0.2, 0) is 9.47 Å². The Morgan fingerprint density at radius 1 is 0.974 bits per heavy atom. The van der Waals surface area contributed by atoms with Crippen molar-refractivity contribution in [1.29, 1.82) is 0 Å². The third-order valence-corrected chi connectivity index (χ3v) is 7.88. The van der Waals surface area contributed by atoms with E-state index in [-0.39, 0.29) is 5.69 Å². The minimum absolute atomic E-state index is 0.0753. The summed E-state index contributed by atoms with van der Waals surface area (Å²) in [6.07, 6.45) is 3.23. The second-order valence-corrected chi connectivity index (χ2v) is 10.6. The molecule has 2 aromatic heterocycles. The zero-order valence-corrected chi connectivity index (χ0v) is 23.1. The second-order valence-electron chi connectivity index (χ2n) is 9.57. The zero-order valence-electron chi connectivity index (χ0n) is 22.3. The number of non-ortho nitro benzene ring substituents is 1. The number of rotatable bonds is 8. The van der Waals surface area contributed by atoms with Gasteiger partial charge < -0.3 is 14.2 Å². The van der Waals surface area contributed by atoms with Crippen molar-refractivity contribution >= 4 is 32.2 Å². The number of nitro groups is 1. The zero-order chi connectivity index (χ0) is 27.0. The molecule has 6 rings (SSSR count). The fourth-order valence-electron chi connectivity index (χ4n) is 4.72. The second kappa shape index (κ2) is 13.3. The van der Waals surface area contributed by atoms with E-state index >= 15 is 0 Å². The molecule has 4 heterocycles. The maximum Gasteiger partial charge on any atom is 0.269 e. The first-order chi connectivity index (χ1) is 19.1. The quantitative estimate of drug-likeness (QED) is 0.232. The van der Waals surface area contributed by atoms with Gasteiger partial charge >= 0.3 is 0 Å². The number of thiazole rings is 1. The summed E-state index contributed by atoms with van der Waals surface area (Å²) >= 11 is 1.60. The highest BCUT2D eigenvalue weighted by molar-refractivity contribution is 7.23. The number of nitrogens with zero attached hydrogens (tertiary/aromatic N) is 5. The number of fused-ring (bicyclic) bond motifs is 3.